The molecule has 0 aliphatic heterocycles. The molecule has 1 saturated carbocycles. The van der Waals surface area contributed by atoms with E-state index in [1.54, 1.807) is 12.1 Å². The monoisotopic (exact) mass is 432 g/mol. The van der Waals surface area contributed by atoms with Gasteiger partial charge in [-0.15, -0.1) is 0 Å². The summed E-state index contributed by atoms with van der Waals surface area (Å²) in [5, 5.41) is 9.49. The number of carboxylic acids is 1. The van der Waals surface area contributed by atoms with Gasteiger partial charge in [0.2, 0.25) is 0 Å². The van der Waals surface area contributed by atoms with Crippen molar-refractivity contribution < 1.29 is 9.90 Å². The Kier molecular flexibility index (Phi) is 6.63. The van der Waals surface area contributed by atoms with E-state index < -0.39 is 5.97 Å². The van der Waals surface area contributed by atoms with E-state index in [1.165, 1.54) is 19.3 Å². The summed E-state index contributed by atoms with van der Waals surface area (Å²) in [6, 6.07) is 15.0. The summed E-state index contributed by atoms with van der Waals surface area (Å²) in [7, 11) is 0. The molecule has 1 N–H and O–H groups in total. The Morgan fingerprint density at radius 2 is 1.72 bits per heavy atom. The third-order valence-corrected chi connectivity index (χ3v) is 6.42. The van der Waals surface area contributed by atoms with Crippen LogP contribution in [0.1, 0.15) is 73.5 Å². The fourth-order valence-corrected chi connectivity index (χ4v) is 4.85. The normalized spacial score (nSPS) is 14.7. The first-order valence-corrected chi connectivity index (χ1v) is 11.7. The average molecular weight is 433 g/mol. The van der Waals surface area contributed by atoms with Gasteiger partial charge in [0.25, 0.3) is 0 Å². The van der Waals surface area contributed by atoms with Gasteiger partial charge in [0, 0.05) is 24.4 Å². The number of aromatic carboxylic acids is 1. The molecule has 1 aliphatic carbocycles. The highest BCUT2D eigenvalue weighted by atomic mass is 16.4. The van der Waals surface area contributed by atoms with Gasteiger partial charge in [-0.2, -0.15) is 0 Å². The van der Waals surface area contributed by atoms with Gasteiger partial charge < -0.3 is 5.11 Å². The van der Waals surface area contributed by atoms with Crippen molar-refractivity contribution in [2.75, 3.05) is 0 Å². The van der Waals surface area contributed by atoms with E-state index >= 15 is 0 Å². The SMILES string of the molecule is CC(C)Cn1cc(C2CCCCC2)n(Cc2ccc(-c3ccccc3C(=O)O)cc2)c1=O. The molecule has 0 radical (unpaired) electrons. The van der Waals surface area contributed by atoms with Crippen molar-refractivity contribution in [2.45, 2.75) is 65.0 Å². The van der Waals surface area contributed by atoms with E-state index in [-0.39, 0.29) is 5.69 Å². The number of benzene rings is 2. The van der Waals surface area contributed by atoms with Gasteiger partial charge in [-0.1, -0.05) is 75.6 Å². The maximum absolute atomic E-state index is 13.2. The van der Waals surface area contributed by atoms with Gasteiger partial charge in [-0.3, -0.25) is 9.13 Å². The molecule has 0 atom stereocenters. The lowest BCUT2D eigenvalue weighted by atomic mass is 9.87. The maximum atomic E-state index is 13.2. The zero-order valence-electron chi connectivity index (χ0n) is 19.0. The fourth-order valence-electron chi connectivity index (χ4n) is 4.85. The lowest BCUT2D eigenvalue weighted by Gasteiger charge is -2.22. The molecule has 3 aromatic rings. The van der Waals surface area contributed by atoms with Gasteiger partial charge in [0.1, 0.15) is 0 Å². The molecule has 0 bridgehead atoms. The summed E-state index contributed by atoms with van der Waals surface area (Å²) >= 11 is 0. The van der Waals surface area contributed by atoms with E-state index in [9.17, 15) is 14.7 Å². The van der Waals surface area contributed by atoms with Crippen LogP contribution >= 0.6 is 0 Å². The third-order valence-electron chi connectivity index (χ3n) is 6.42. The highest BCUT2D eigenvalue weighted by molar-refractivity contribution is 5.95. The first kappa shape index (κ1) is 22.1. The molecule has 4 rings (SSSR count). The summed E-state index contributed by atoms with van der Waals surface area (Å²) in [5.41, 5.74) is 4.14. The predicted molar refractivity (Wildman–Crippen MR) is 127 cm³/mol. The number of aromatic nitrogens is 2. The smallest absolute Gasteiger partial charge is 0.336 e. The van der Waals surface area contributed by atoms with Crippen molar-refractivity contribution in [3.8, 4) is 11.1 Å². The molecule has 1 aromatic heterocycles. The number of nitrogens with zero attached hydrogens (tertiary/aromatic N) is 2. The number of rotatable bonds is 7. The molecule has 32 heavy (non-hydrogen) atoms. The fraction of sp³-hybridized carbons (Fsp3) is 0.407. The van der Waals surface area contributed by atoms with Crippen molar-refractivity contribution in [2.24, 2.45) is 5.92 Å². The van der Waals surface area contributed by atoms with Crippen molar-refractivity contribution >= 4 is 5.97 Å². The van der Waals surface area contributed by atoms with Gasteiger partial charge in [0.05, 0.1) is 12.1 Å². The van der Waals surface area contributed by atoms with E-state index in [0.29, 0.717) is 29.5 Å². The van der Waals surface area contributed by atoms with Crippen molar-refractivity contribution in [3.63, 3.8) is 0 Å². The van der Waals surface area contributed by atoms with Crippen LogP contribution < -0.4 is 5.69 Å². The van der Waals surface area contributed by atoms with E-state index in [1.807, 2.05) is 45.5 Å². The second-order valence-electron chi connectivity index (χ2n) is 9.35. The summed E-state index contributed by atoms with van der Waals surface area (Å²) in [5.74, 6) is -0.0669. The lowest BCUT2D eigenvalue weighted by Crippen LogP contribution is -2.27. The van der Waals surface area contributed by atoms with Crippen molar-refractivity contribution in [1.29, 1.82) is 0 Å². The van der Waals surface area contributed by atoms with Crippen LogP contribution in [0, 0.1) is 5.92 Å². The molecule has 5 heteroatoms. The molecule has 2 aromatic carbocycles. The van der Waals surface area contributed by atoms with Crippen molar-refractivity contribution in [3.05, 3.63) is 82.0 Å². The first-order valence-electron chi connectivity index (χ1n) is 11.7. The standard InChI is InChI=1S/C27H32N2O3/c1-19(2)16-28-18-25(22-8-4-3-5-9-22)29(27(28)32)17-20-12-14-21(15-13-20)23-10-6-7-11-24(23)26(30)31/h6-7,10-15,18-19,22H,3-5,8-9,16-17H2,1-2H3,(H,30,31). The summed E-state index contributed by atoms with van der Waals surface area (Å²) in [6.07, 6.45) is 8.13. The average Bonchev–Trinajstić information content (AvgIpc) is 3.09. The maximum Gasteiger partial charge on any atom is 0.336 e. The number of hydrogen-bond donors (Lipinski definition) is 1. The Morgan fingerprint density at radius 1 is 1.03 bits per heavy atom. The van der Waals surface area contributed by atoms with Crippen LogP contribution in [0.5, 0.6) is 0 Å². The Balaban J connectivity index is 1.64. The highest BCUT2D eigenvalue weighted by Crippen LogP contribution is 2.32. The minimum atomic E-state index is -0.931. The molecule has 0 saturated heterocycles. The molecule has 0 unspecified atom stereocenters. The first-order chi connectivity index (χ1) is 15.4. The second kappa shape index (κ2) is 9.60. The summed E-state index contributed by atoms with van der Waals surface area (Å²) in [6.45, 7) is 5.54. The van der Waals surface area contributed by atoms with Crippen LogP contribution in [0.15, 0.2) is 59.5 Å². The molecule has 1 aliphatic rings. The van der Waals surface area contributed by atoms with E-state index in [4.69, 9.17) is 0 Å². The number of carboxylic acid groups (broad SMARTS) is 1. The number of hydrogen-bond acceptors (Lipinski definition) is 2. The van der Waals surface area contributed by atoms with Gasteiger partial charge in [-0.05, 0) is 41.5 Å². The molecule has 0 amide bonds. The number of carbonyl (C=O) groups is 1. The van der Waals surface area contributed by atoms with Crippen molar-refractivity contribution in [1.82, 2.24) is 9.13 Å². The Bertz CT molecular complexity index is 1130. The second-order valence-corrected chi connectivity index (χ2v) is 9.35. The Labute approximate surface area is 189 Å². The molecular weight excluding hydrogens is 400 g/mol. The zero-order chi connectivity index (χ0) is 22.7. The van der Waals surface area contributed by atoms with Crippen LogP contribution in [-0.2, 0) is 13.1 Å². The molecule has 0 spiro atoms. The van der Waals surface area contributed by atoms with Gasteiger partial charge >= 0.3 is 11.7 Å². The van der Waals surface area contributed by atoms with Crippen LogP contribution in [-0.4, -0.2) is 20.2 Å². The Morgan fingerprint density at radius 3 is 2.38 bits per heavy atom. The predicted octanol–water partition coefficient (Wildman–Crippen LogP) is 5.77. The molecular formula is C27H32N2O3. The van der Waals surface area contributed by atoms with E-state index in [2.05, 4.69) is 20.0 Å². The summed E-state index contributed by atoms with van der Waals surface area (Å²) < 4.78 is 3.84. The minimum Gasteiger partial charge on any atom is -0.478 e. The van der Waals surface area contributed by atoms with Gasteiger partial charge in [0.15, 0.2) is 0 Å². The zero-order valence-corrected chi connectivity index (χ0v) is 19.0. The van der Waals surface area contributed by atoms with Crippen LogP contribution in [0.25, 0.3) is 11.1 Å². The van der Waals surface area contributed by atoms with E-state index in [0.717, 1.165) is 36.2 Å². The highest BCUT2D eigenvalue weighted by Gasteiger charge is 2.22. The topological polar surface area (TPSA) is 64.2 Å². The molecule has 168 valence electrons. The number of imidazole rings is 1. The summed E-state index contributed by atoms with van der Waals surface area (Å²) in [4.78, 5) is 24.8. The quantitative estimate of drug-likeness (QED) is 0.516. The lowest BCUT2D eigenvalue weighted by molar-refractivity contribution is 0.0697. The Hall–Kier alpha value is -3.08. The third kappa shape index (κ3) is 4.72. The van der Waals surface area contributed by atoms with Gasteiger partial charge in [-0.25, -0.2) is 9.59 Å². The largest absolute Gasteiger partial charge is 0.478 e. The van der Waals surface area contributed by atoms with Crippen LogP contribution in [0.4, 0.5) is 0 Å². The molecule has 1 fully saturated rings. The minimum absolute atomic E-state index is 0.0690. The van der Waals surface area contributed by atoms with Crippen LogP contribution in [0.3, 0.4) is 0 Å². The molecule has 1 heterocycles. The van der Waals surface area contributed by atoms with Crippen LogP contribution in [0.2, 0.25) is 0 Å². The molecule has 5 nitrogen and oxygen atoms in total.